The Kier molecular flexibility index (Phi) is 5.38. The Labute approximate surface area is 177 Å². The predicted octanol–water partition coefficient (Wildman–Crippen LogP) is 2.87. The summed E-state index contributed by atoms with van der Waals surface area (Å²) in [4.78, 5) is 16.5. The highest BCUT2D eigenvalue weighted by Crippen LogP contribution is 2.26. The van der Waals surface area contributed by atoms with Crippen molar-refractivity contribution in [1.29, 1.82) is 0 Å². The van der Waals surface area contributed by atoms with Crippen LogP contribution in [-0.2, 0) is 16.4 Å². The molecule has 0 unspecified atom stereocenters. The molecular formula is C21H17FN4O4S. The lowest BCUT2D eigenvalue weighted by molar-refractivity contribution is 0.0950. The van der Waals surface area contributed by atoms with Gasteiger partial charge in [0.05, 0.1) is 28.7 Å². The zero-order valence-electron chi connectivity index (χ0n) is 16.3. The van der Waals surface area contributed by atoms with E-state index < -0.39 is 15.7 Å². The number of nitrogens with one attached hydrogen (secondary N) is 2. The summed E-state index contributed by atoms with van der Waals surface area (Å²) in [5.74, 6) is -1.11. The van der Waals surface area contributed by atoms with E-state index in [1.165, 1.54) is 31.5 Å². The lowest BCUT2D eigenvalue weighted by Gasteiger charge is -2.09. The van der Waals surface area contributed by atoms with E-state index in [2.05, 4.69) is 20.5 Å². The zero-order chi connectivity index (χ0) is 22.0. The maximum atomic E-state index is 13.6. The van der Waals surface area contributed by atoms with Gasteiger partial charge in [0.15, 0.2) is 17.2 Å². The molecular weight excluding hydrogens is 423 g/mol. The summed E-state index contributed by atoms with van der Waals surface area (Å²) in [5.41, 5.74) is 1.69. The first-order chi connectivity index (χ1) is 14.9. The number of benzene rings is 2. The van der Waals surface area contributed by atoms with Crippen LogP contribution in [-0.4, -0.2) is 36.6 Å². The smallest absolute Gasteiger partial charge is 0.253 e. The first kappa shape index (κ1) is 20.5. The number of rotatable bonds is 6. The van der Waals surface area contributed by atoms with E-state index in [1.54, 1.807) is 24.4 Å². The second kappa shape index (κ2) is 8.15. The van der Waals surface area contributed by atoms with Crippen LogP contribution in [0.25, 0.3) is 11.0 Å². The molecule has 0 aliphatic heterocycles. The van der Waals surface area contributed by atoms with Crippen molar-refractivity contribution in [2.24, 2.45) is 0 Å². The molecule has 0 aliphatic carbocycles. The van der Waals surface area contributed by atoms with Gasteiger partial charge in [-0.15, -0.1) is 0 Å². The Morgan fingerprint density at radius 1 is 1.10 bits per heavy atom. The van der Waals surface area contributed by atoms with Gasteiger partial charge in [0, 0.05) is 24.2 Å². The normalized spacial score (nSPS) is 11.4. The summed E-state index contributed by atoms with van der Waals surface area (Å²) in [6.45, 7) is 0.201. The first-order valence-corrected chi connectivity index (χ1v) is 10.6. The van der Waals surface area contributed by atoms with Crippen molar-refractivity contribution in [2.75, 3.05) is 7.11 Å². The molecule has 0 spiro atoms. The molecule has 2 heterocycles. The molecule has 1 amide bonds. The number of nitrogens with zero attached hydrogens (tertiary/aromatic N) is 2. The minimum atomic E-state index is -3.85. The fraction of sp³-hybridized carbons (Fsp3) is 0.0952. The number of amides is 1. The van der Waals surface area contributed by atoms with Gasteiger partial charge in [-0.2, -0.15) is 5.10 Å². The lowest BCUT2D eigenvalue weighted by atomic mass is 10.2. The van der Waals surface area contributed by atoms with Crippen LogP contribution in [0, 0.1) is 5.82 Å². The van der Waals surface area contributed by atoms with Gasteiger partial charge in [0.2, 0.25) is 9.84 Å². The largest absolute Gasteiger partial charge is 0.494 e. The third-order valence-electron chi connectivity index (χ3n) is 4.67. The van der Waals surface area contributed by atoms with Gasteiger partial charge in [-0.05, 0) is 35.9 Å². The van der Waals surface area contributed by atoms with E-state index in [-0.39, 0.29) is 28.0 Å². The fourth-order valence-corrected chi connectivity index (χ4v) is 4.25. The molecule has 2 N–H and O–H groups in total. The van der Waals surface area contributed by atoms with E-state index in [0.29, 0.717) is 16.8 Å². The standard InChI is InChI=1S/C21H17FN4O4S/c1-30-19-9-17(6-7-18(19)22)31(28,29)16-4-2-13(3-5-16)10-24-21(27)15-8-14-12-25-26-20(14)23-11-15/h2-9,11-12H,10H2,1H3,(H,24,27)(H,23,25,26). The van der Waals surface area contributed by atoms with Crippen LogP contribution in [0.5, 0.6) is 5.75 Å². The number of carbonyl (C=O) groups excluding carboxylic acids is 1. The molecule has 0 fully saturated rings. The molecule has 2 aromatic carbocycles. The van der Waals surface area contributed by atoms with Crippen molar-refractivity contribution < 1.29 is 22.3 Å². The lowest BCUT2D eigenvalue weighted by Crippen LogP contribution is -2.22. The van der Waals surface area contributed by atoms with Crippen LogP contribution >= 0.6 is 0 Å². The number of methoxy groups -OCH3 is 1. The number of carbonyl (C=O) groups is 1. The van der Waals surface area contributed by atoms with E-state index >= 15 is 0 Å². The van der Waals surface area contributed by atoms with Crippen molar-refractivity contribution in [3.05, 3.63) is 77.9 Å². The number of halogens is 1. The number of aromatic nitrogens is 3. The van der Waals surface area contributed by atoms with Crippen molar-refractivity contribution in [2.45, 2.75) is 16.3 Å². The first-order valence-electron chi connectivity index (χ1n) is 9.13. The Morgan fingerprint density at radius 3 is 2.58 bits per heavy atom. The fourth-order valence-electron chi connectivity index (χ4n) is 2.97. The van der Waals surface area contributed by atoms with Crippen LogP contribution in [0.2, 0.25) is 0 Å². The van der Waals surface area contributed by atoms with E-state index in [9.17, 15) is 17.6 Å². The minimum absolute atomic E-state index is 0.0471. The zero-order valence-corrected chi connectivity index (χ0v) is 17.1. The maximum Gasteiger partial charge on any atom is 0.253 e. The Morgan fingerprint density at radius 2 is 1.84 bits per heavy atom. The number of sulfone groups is 1. The summed E-state index contributed by atoms with van der Waals surface area (Å²) >= 11 is 0. The molecule has 31 heavy (non-hydrogen) atoms. The van der Waals surface area contributed by atoms with Gasteiger partial charge in [-0.3, -0.25) is 9.89 Å². The SMILES string of the molecule is COc1cc(S(=O)(=O)c2ccc(CNC(=O)c3cnc4[nH]ncc4c3)cc2)ccc1F. The third kappa shape index (κ3) is 4.10. The monoisotopic (exact) mass is 440 g/mol. The summed E-state index contributed by atoms with van der Waals surface area (Å²) in [6, 6.07) is 11.1. The van der Waals surface area contributed by atoms with E-state index in [1.807, 2.05) is 0 Å². The molecule has 0 atom stereocenters. The van der Waals surface area contributed by atoms with Crippen molar-refractivity contribution in [1.82, 2.24) is 20.5 Å². The Bertz CT molecular complexity index is 1370. The van der Waals surface area contributed by atoms with Crippen LogP contribution in [0.1, 0.15) is 15.9 Å². The van der Waals surface area contributed by atoms with Gasteiger partial charge < -0.3 is 10.1 Å². The maximum absolute atomic E-state index is 13.6. The molecule has 10 heteroatoms. The molecule has 0 radical (unpaired) electrons. The van der Waals surface area contributed by atoms with Crippen LogP contribution < -0.4 is 10.1 Å². The number of hydrogen-bond acceptors (Lipinski definition) is 6. The minimum Gasteiger partial charge on any atom is -0.494 e. The number of pyridine rings is 1. The molecule has 4 rings (SSSR count). The van der Waals surface area contributed by atoms with E-state index in [0.717, 1.165) is 17.5 Å². The number of ether oxygens (including phenoxy) is 1. The number of H-pyrrole nitrogens is 1. The van der Waals surface area contributed by atoms with Crippen LogP contribution in [0.3, 0.4) is 0 Å². The third-order valence-corrected chi connectivity index (χ3v) is 6.44. The molecule has 0 saturated heterocycles. The van der Waals surface area contributed by atoms with Crippen molar-refractivity contribution >= 4 is 26.8 Å². The molecule has 0 aliphatic rings. The summed E-state index contributed by atoms with van der Waals surface area (Å²) in [5, 5.41) is 10.1. The predicted molar refractivity (Wildman–Crippen MR) is 110 cm³/mol. The molecule has 0 saturated carbocycles. The number of hydrogen-bond donors (Lipinski definition) is 2. The van der Waals surface area contributed by atoms with Crippen molar-refractivity contribution in [3.63, 3.8) is 0 Å². The van der Waals surface area contributed by atoms with Gasteiger partial charge in [0.25, 0.3) is 5.91 Å². The van der Waals surface area contributed by atoms with E-state index in [4.69, 9.17) is 4.74 Å². The molecule has 4 aromatic rings. The molecule has 8 nitrogen and oxygen atoms in total. The molecule has 158 valence electrons. The highest BCUT2D eigenvalue weighted by Gasteiger charge is 2.19. The Hall–Kier alpha value is -3.79. The highest BCUT2D eigenvalue weighted by atomic mass is 32.2. The second-order valence-electron chi connectivity index (χ2n) is 6.66. The van der Waals surface area contributed by atoms with Crippen LogP contribution in [0.4, 0.5) is 4.39 Å². The van der Waals surface area contributed by atoms with Gasteiger partial charge in [-0.1, -0.05) is 12.1 Å². The number of fused-ring (bicyclic) bond motifs is 1. The summed E-state index contributed by atoms with van der Waals surface area (Å²) < 4.78 is 44.0. The molecule has 2 aromatic heterocycles. The van der Waals surface area contributed by atoms with Gasteiger partial charge in [0.1, 0.15) is 0 Å². The second-order valence-corrected chi connectivity index (χ2v) is 8.61. The average molecular weight is 440 g/mol. The van der Waals surface area contributed by atoms with Crippen molar-refractivity contribution in [3.8, 4) is 5.75 Å². The topological polar surface area (TPSA) is 114 Å². The van der Waals surface area contributed by atoms with Crippen LogP contribution in [0.15, 0.2) is 70.7 Å². The Balaban J connectivity index is 1.47. The summed E-state index contributed by atoms with van der Waals surface area (Å²) in [6.07, 6.45) is 3.03. The summed E-state index contributed by atoms with van der Waals surface area (Å²) in [7, 11) is -2.58. The van der Waals surface area contributed by atoms with Gasteiger partial charge >= 0.3 is 0 Å². The molecule has 0 bridgehead atoms. The number of aromatic amines is 1. The highest BCUT2D eigenvalue weighted by molar-refractivity contribution is 7.91. The van der Waals surface area contributed by atoms with Gasteiger partial charge in [-0.25, -0.2) is 17.8 Å². The quantitative estimate of drug-likeness (QED) is 0.446. The average Bonchev–Trinajstić information content (AvgIpc) is 3.26.